The van der Waals surface area contributed by atoms with Crippen molar-refractivity contribution >= 4 is 28.3 Å². The lowest BCUT2D eigenvalue weighted by molar-refractivity contribution is -0.386. The van der Waals surface area contributed by atoms with Gasteiger partial charge in [-0.2, -0.15) is 0 Å². The van der Waals surface area contributed by atoms with Crippen LogP contribution in [0.25, 0.3) is 0 Å². The normalized spacial score (nSPS) is 13.2. The van der Waals surface area contributed by atoms with E-state index in [4.69, 9.17) is 4.74 Å². The van der Waals surface area contributed by atoms with Crippen molar-refractivity contribution in [3.05, 3.63) is 33.9 Å². The Labute approximate surface area is 119 Å². The van der Waals surface area contributed by atoms with E-state index in [0.717, 1.165) is 0 Å². The van der Waals surface area contributed by atoms with E-state index in [1.54, 1.807) is 12.1 Å². The second kappa shape index (κ2) is 5.83. The molecule has 18 heavy (non-hydrogen) atoms. The fourth-order valence-electron chi connectivity index (χ4n) is 1.53. The smallest absolute Gasteiger partial charge is 0.278 e. The maximum Gasteiger partial charge on any atom is 0.278 e. The van der Waals surface area contributed by atoms with Crippen molar-refractivity contribution in [2.45, 2.75) is 26.9 Å². The van der Waals surface area contributed by atoms with Gasteiger partial charge in [0.2, 0.25) is 0 Å². The summed E-state index contributed by atoms with van der Waals surface area (Å²) in [5, 5.41) is 21.2. The maximum absolute atomic E-state index is 11.0. The third-order valence-corrected chi connectivity index (χ3v) is 2.85. The average Bonchev–Trinajstić information content (AvgIpc) is 2.27. The number of rotatable bonds is 4. The van der Waals surface area contributed by atoms with Crippen LogP contribution in [-0.2, 0) is 0 Å². The van der Waals surface area contributed by atoms with E-state index in [9.17, 15) is 15.2 Å². The Hall–Kier alpha value is -0.890. The average molecular weight is 365 g/mol. The molecule has 1 atom stereocenters. The fourth-order valence-corrected chi connectivity index (χ4v) is 1.89. The van der Waals surface area contributed by atoms with Crippen molar-refractivity contribution in [3.8, 4) is 5.75 Å². The lowest BCUT2D eigenvalue weighted by atomic mass is 9.84. The van der Waals surface area contributed by atoms with Crippen LogP contribution in [0, 0.1) is 15.5 Å². The molecule has 5 nitrogen and oxygen atoms in total. The van der Waals surface area contributed by atoms with Gasteiger partial charge in [-0.05, 0) is 40.1 Å². The number of aliphatic hydroxyl groups is 1. The Morgan fingerprint density at radius 2 is 2.11 bits per heavy atom. The summed E-state index contributed by atoms with van der Waals surface area (Å²) in [5.74, 6) is 0.431. The van der Waals surface area contributed by atoms with Gasteiger partial charge in [-0.1, -0.05) is 20.8 Å². The summed E-state index contributed by atoms with van der Waals surface area (Å²) in [4.78, 5) is 10.6. The van der Waals surface area contributed by atoms with E-state index in [1.165, 1.54) is 6.07 Å². The van der Waals surface area contributed by atoms with Gasteiger partial charge >= 0.3 is 0 Å². The molecule has 0 aliphatic carbocycles. The predicted octanol–water partition coefficient (Wildman–Crippen LogP) is 3.45. The van der Waals surface area contributed by atoms with Gasteiger partial charge in [0, 0.05) is 0 Å². The van der Waals surface area contributed by atoms with Crippen LogP contribution in [0.1, 0.15) is 32.4 Å². The minimum absolute atomic E-state index is 0.111. The summed E-state index contributed by atoms with van der Waals surface area (Å²) in [7, 11) is 0. The molecule has 0 heterocycles. The van der Waals surface area contributed by atoms with Crippen LogP contribution in [0.3, 0.4) is 0 Å². The fraction of sp³-hybridized carbons (Fsp3) is 0.500. The lowest BCUT2D eigenvalue weighted by Crippen LogP contribution is -2.19. The van der Waals surface area contributed by atoms with E-state index in [-0.39, 0.29) is 5.69 Å². The molecule has 0 unspecified atom stereocenters. The molecule has 0 saturated heterocycles. The monoisotopic (exact) mass is 365 g/mol. The molecule has 0 aliphatic rings. The largest absolute Gasteiger partial charge is 0.483 e. The van der Waals surface area contributed by atoms with Crippen LogP contribution >= 0.6 is 22.6 Å². The molecule has 100 valence electrons. The van der Waals surface area contributed by atoms with Crippen molar-refractivity contribution in [2.75, 3.05) is 4.61 Å². The second-order valence-corrected chi connectivity index (χ2v) is 5.62. The SMILES string of the molecule is CC(C)(C)[C@H](O)c1ccc(OCI)cc1[N+](=O)[O-]. The van der Waals surface area contributed by atoms with Gasteiger partial charge in [-0.15, -0.1) is 0 Å². The quantitative estimate of drug-likeness (QED) is 0.384. The number of nitro groups is 1. The van der Waals surface area contributed by atoms with Crippen molar-refractivity contribution in [2.24, 2.45) is 5.41 Å². The van der Waals surface area contributed by atoms with Gasteiger partial charge in [0.05, 0.1) is 22.7 Å². The highest BCUT2D eigenvalue weighted by Crippen LogP contribution is 2.38. The number of benzene rings is 1. The van der Waals surface area contributed by atoms with Crippen molar-refractivity contribution in [1.82, 2.24) is 0 Å². The van der Waals surface area contributed by atoms with E-state index in [0.29, 0.717) is 15.9 Å². The van der Waals surface area contributed by atoms with Crippen molar-refractivity contribution < 1.29 is 14.8 Å². The minimum atomic E-state index is -0.897. The zero-order valence-electron chi connectivity index (χ0n) is 10.5. The van der Waals surface area contributed by atoms with E-state index in [2.05, 4.69) is 0 Å². The molecule has 0 bridgehead atoms. The molecular formula is C12H16INO4. The number of ether oxygens (including phenoxy) is 1. The number of aliphatic hydroxyl groups excluding tert-OH is 1. The number of nitro benzene ring substituents is 1. The summed E-state index contributed by atoms with van der Waals surface area (Å²) in [5.41, 5.74) is -0.260. The summed E-state index contributed by atoms with van der Waals surface area (Å²) >= 11 is 2.01. The van der Waals surface area contributed by atoms with Gasteiger partial charge in [0.15, 0.2) is 0 Å². The van der Waals surface area contributed by atoms with Crippen LogP contribution in [0.2, 0.25) is 0 Å². The maximum atomic E-state index is 11.0. The Bertz CT molecular complexity index is 442. The summed E-state index contributed by atoms with van der Waals surface area (Å²) in [6.07, 6.45) is -0.897. The molecule has 6 heteroatoms. The van der Waals surface area contributed by atoms with Gasteiger partial charge in [-0.3, -0.25) is 10.1 Å². The number of hydrogen-bond acceptors (Lipinski definition) is 4. The van der Waals surface area contributed by atoms with Gasteiger partial charge in [-0.25, -0.2) is 0 Å². The van der Waals surface area contributed by atoms with E-state index in [1.807, 2.05) is 43.4 Å². The Kier molecular flexibility index (Phi) is 4.92. The molecular weight excluding hydrogens is 349 g/mol. The Morgan fingerprint density at radius 1 is 1.50 bits per heavy atom. The van der Waals surface area contributed by atoms with Crippen molar-refractivity contribution in [1.29, 1.82) is 0 Å². The minimum Gasteiger partial charge on any atom is -0.483 e. The number of nitrogens with zero attached hydrogens (tertiary/aromatic N) is 1. The first kappa shape index (κ1) is 15.2. The molecule has 0 aliphatic heterocycles. The second-order valence-electron chi connectivity index (χ2n) is 5.00. The lowest BCUT2D eigenvalue weighted by Gasteiger charge is -2.25. The van der Waals surface area contributed by atoms with Crippen LogP contribution in [0.4, 0.5) is 5.69 Å². The molecule has 0 spiro atoms. The van der Waals surface area contributed by atoms with E-state index < -0.39 is 16.4 Å². The molecule has 1 rings (SSSR count). The highest BCUT2D eigenvalue weighted by molar-refractivity contribution is 14.1. The predicted molar refractivity (Wildman–Crippen MR) is 77.0 cm³/mol. The molecule has 0 saturated carbocycles. The topological polar surface area (TPSA) is 72.6 Å². The molecule has 1 N–H and O–H groups in total. The van der Waals surface area contributed by atoms with Gasteiger partial charge in [0.1, 0.15) is 10.4 Å². The van der Waals surface area contributed by atoms with Crippen LogP contribution in [-0.4, -0.2) is 14.6 Å². The van der Waals surface area contributed by atoms with Gasteiger partial charge in [0.25, 0.3) is 5.69 Å². The molecule has 0 fully saturated rings. The first-order chi connectivity index (χ1) is 8.27. The molecule has 1 aromatic rings. The third kappa shape index (κ3) is 3.55. The highest BCUT2D eigenvalue weighted by Gasteiger charge is 2.30. The third-order valence-electron chi connectivity index (χ3n) is 2.53. The Balaban J connectivity index is 3.23. The number of hydrogen-bond donors (Lipinski definition) is 1. The van der Waals surface area contributed by atoms with Crippen LogP contribution in [0.5, 0.6) is 5.75 Å². The number of alkyl halides is 1. The molecule has 1 aromatic carbocycles. The number of halogens is 1. The summed E-state index contributed by atoms with van der Waals surface area (Å²) in [6.45, 7) is 5.49. The van der Waals surface area contributed by atoms with Crippen molar-refractivity contribution in [3.63, 3.8) is 0 Å². The zero-order valence-corrected chi connectivity index (χ0v) is 12.7. The Morgan fingerprint density at radius 3 is 2.56 bits per heavy atom. The summed E-state index contributed by atoms with van der Waals surface area (Å²) < 4.78 is 5.63. The zero-order chi connectivity index (χ0) is 13.9. The van der Waals surface area contributed by atoms with Gasteiger partial charge < -0.3 is 9.84 Å². The van der Waals surface area contributed by atoms with Crippen LogP contribution in [0.15, 0.2) is 18.2 Å². The molecule has 0 aromatic heterocycles. The van der Waals surface area contributed by atoms with Crippen LogP contribution < -0.4 is 4.74 Å². The standard InChI is InChI=1S/C12H16INO4/c1-12(2,3)11(15)9-5-4-8(18-7-13)6-10(9)14(16)17/h4-6,11,15H,7H2,1-3H3/t11-/m1/s1. The van der Waals surface area contributed by atoms with E-state index >= 15 is 0 Å². The first-order valence-corrected chi connectivity index (χ1v) is 6.95. The molecule has 0 amide bonds. The first-order valence-electron chi connectivity index (χ1n) is 5.42. The molecule has 0 radical (unpaired) electrons. The highest BCUT2D eigenvalue weighted by atomic mass is 127. The summed E-state index contributed by atoms with van der Waals surface area (Å²) in [6, 6.07) is 4.54.